The summed E-state index contributed by atoms with van der Waals surface area (Å²) in [5.41, 5.74) is 0.576. The lowest BCUT2D eigenvalue weighted by molar-refractivity contribution is -0.0000152. The number of carbonyl (C=O) groups excluding carboxylic acids is 1. The van der Waals surface area contributed by atoms with Crippen molar-refractivity contribution in [2.24, 2.45) is 0 Å². The van der Waals surface area contributed by atoms with Crippen LogP contribution in [0.5, 0.6) is 5.75 Å². The molecule has 1 N–H and O–H groups in total. The van der Waals surface area contributed by atoms with Crippen LogP contribution in [-0.2, 0) is 4.74 Å². The van der Waals surface area contributed by atoms with Gasteiger partial charge in [-0.15, -0.1) is 0 Å². The number of halogens is 1. The number of ether oxygens (including phenoxy) is 2. The molecule has 1 heterocycles. The fourth-order valence-electron chi connectivity index (χ4n) is 2.08. The summed E-state index contributed by atoms with van der Waals surface area (Å²) in [5.74, 6) is 0.511. The number of carbonyl (C=O) groups is 1. The number of methoxy groups -OCH3 is 1. The van der Waals surface area contributed by atoms with E-state index in [2.05, 4.69) is 10.2 Å². The average Bonchev–Trinajstić information content (AvgIpc) is 2.48. The summed E-state index contributed by atoms with van der Waals surface area (Å²) in [6.45, 7) is 4.91. The average molecular weight is 300 g/mol. The number of para-hydroxylation sites is 1. The molecule has 0 aliphatic carbocycles. The van der Waals surface area contributed by atoms with Gasteiger partial charge in [-0.1, -0.05) is 12.1 Å². The van der Waals surface area contributed by atoms with Crippen molar-refractivity contribution in [3.8, 4) is 5.75 Å². The molecule has 0 atom stereocenters. The molecular weight excluding hydrogens is 280 g/mol. The number of hydrogen-bond donors (Lipinski definition) is 1. The van der Waals surface area contributed by atoms with E-state index in [0.29, 0.717) is 17.9 Å². The number of morpholine rings is 1. The van der Waals surface area contributed by atoms with Gasteiger partial charge in [0.25, 0.3) is 5.91 Å². The zero-order valence-electron chi connectivity index (χ0n) is 11.6. The molecule has 0 spiro atoms. The molecule has 1 fully saturated rings. The Bertz CT molecular complexity index is 423. The molecule has 1 aromatic carbocycles. The summed E-state index contributed by atoms with van der Waals surface area (Å²) >= 11 is 0. The van der Waals surface area contributed by atoms with Gasteiger partial charge in [0.15, 0.2) is 0 Å². The minimum Gasteiger partial charge on any atom is -1.00 e. The monoisotopic (exact) mass is 299 g/mol. The number of rotatable bonds is 5. The van der Waals surface area contributed by atoms with Crippen molar-refractivity contribution in [1.82, 2.24) is 10.2 Å². The zero-order valence-corrected chi connectivity index (χ0v) is 12.4. The van der Waals surface area contributed by atoms with E-state index in [4.69, 9.17) is 9.47 Å². The SMILES string of the molecule is COc1ccccc1C(=O)NCCN1CCOCC1.[Cl-]. The second-order valence-corrected chi connectivity index (χ2v) is 4.41. The maximum absolute atomic E-state index is 12.0. The van der Waals surface area contributed by atoms with Gasteiger partial charge in [0.05, 0.1) is 25.9 Å². The van der Waals surface area contributed by atoms with Gasteiger partial charge in [0.1, 0.15) is 5.75 Å². The quantitative estimate of drug-likeness (QED) is 0.668. The minimum absolute atomic E-state index is 0. The summed E-state index contributed by atoms with van der Waals surface area (Å²) < 4.78 is 10.5. The third-order valence-corrected chi connectivity index (χ3v) is 3.17. The second-order valence-electron chi connectivity index (χ2n) is 4.41. The first-order valence-corrected chi connectivity index (χ1v) is 6.52. The van der Waals surface area contributed by atoms with Crippen molar-refractivity contribution < 1.29 is 26.7 Å². The molecule has 5 nitrogen and oxygen atoms in total. The fraction of sp³-hybridized carbons (Fsp3) is 0.500. The third kappa shape index (κ3) is 4.67. The number of nitrogens with zero attached hydrogens (tertiary/aromatic N) is 1. The summed E-state index contributed by atoms with van der Waals surface area (Å²) in [6.07, 6.45) is 0. The molecule has 6 heteroatoms. The lowest BCUT2D eigenvalue weighted by Gasteiger charge is -2.26. The Hall–Kier alpha value is -1.30. The van der Waals surface area contributed by atoms with Crippen LogP contribution in [0, 0.1) is 0 Å². The van der Waals surface area contributed by atoms with Crippen LogP contribution in [0.15, 0.2) is 24.3 Å². The standard InChI is InChI=1S/C14H20N2O3.ClH/c1-18-13-5-3-2-4-12(13)14(17)15-6-7-16-8-10-19-11-9-16;/h2-5H,6-11H2,1H3,(H,15,17);1H/p-1. The first-order valence-electron chi connectivity index (χ1n) is 6.52. The molecule has 0 radical (unpaired) electrons. The van der Waals surface area contributed by atoms with Crippen LogP contribution < -0.4 is 22.5 Å². The molecule has 112 valence electrons. The first-order chi connectivity index (χ1) is 9.31. The summed E-state index contributed by atoms with van der Waals surface area (Å²) in [7, 11) is 1.57. The topological polar surface area (TPSA) is 50.8 Å². The third-order valence-electron chi connectivity index (χ3n) is 3.17. The lowest BCUT2D eigenvalue weighted by atomic mass is 10.2. The highest BCUT2D eigenvalue weighted by molar-refractivity contribution is 5.96. The van der Waals surface area contributed by atoms with Gasteiger partial charge in [-0.2, -0.15) is 0 Å². The van der Waals surface area contributed by atoms with Crippen molar-refractivity contribution >= 4 is 5.91 Å². The predicted octanol–water partition coefficient (Wildman–Crippen LogP) is -2.24. The Balaban J connectivity index is 0.00000200. The molecule has 0 bridgehead atoms. The van der Waals surface area contributed by atoms with Crippen LogP contribution in [0.25, 0.3) is 0 Å². The second kappa shape index (κ2) is 8.79. The highest BCUT2D eigenvalue weighted by Gasteiger charge is 2.13. The number of benzene rings is 1. The van der Waals surface area contributed by atoms with E-state index in [0.717, 1.165) is 32.8 Å². The molecule has 1 saturated heterocycles. The Kier molecular flexibility index (Phi) is 7.36. The zero-order chi connectivity index (χ0) is 13.5. The highest BCUT2D eigenvalue weighted by Crippen LogP contribution is 2.16. The van der Waals surface area contributed by atoms with Gasteiger partial charge in [-0.05, 0) is 12.1 Å². The Morgan fingerprint density at radius 3 is 2.75 bits per heavy atom. The van der Waals surface area contributed by atoms with Crippen LogP contribution >= 0.6 is 0 Å². The van der Waals surface area contributed by atoms with Crippen molar-refractivity contribution in [2.75, 3.05) is 46.5 Å². The number of hydrogen-bond acceptors (Lipinski definition) is 4. The van der Waals surface area contributed by atoms with Crippen LogP contribution in [-0.4, -0.2) is 57.3 Å². The molecule has 0 unspecified atom stereocenters. The molecule has 1 aromatic rings. The van der Waals surface area contributed by atoms with E-state index in [9.17, 15) is 4.79 Å². The summed E-state index contributed by atoms with van der Waals surface area (Å²) in [4.78, 5) is 14.3. The van der Waals surface area contributed by atoms with Crippen LogP contribution in [0.3, 0.4) is 0 Å². The van der Waals surface area contributed by atoms with Crippen molar-refractivity contribution in [1.29, 1.82) is 0 Å². The Labute approximate surface area is 125 Å². The molecular formula is C14H20ClN2O3-. The maximum Gasteiger partial charge on any atom is 0.255 e. The van der Waals surface area contributed by atoms with Gasteiger partial charge in [0.2, 0.25) is 0 Å². The molecule has 1 aliphatic rings. The molecule has 1 amide bonds. The normalized spacial score (nSPS) is 15.2. The van der Waals surface area contributed by atoms with Crippen molar-refractivity contribution in [3.05, 3.63) is 29.8 Å². The van der Waals surface area contributed by atoms with E-state index in [1.54, 1.807) is 19.2 Å². The Morgan fingerprint density at radius 1 is 1.35 bits per heavy atom. The fourth-order valence-corrected chi connectivity index (χ4v) is 2.08. The van der Waals surface area contributed by atoms with E-state index < -0.39 is 0 Å². The van der Waals surface area contributed by atoms with Crippen LogP contribution in [0.2, 0.25) is 0 Å². The van der Waals surface area contributed by atoms with Crippen LogP contribution in [0.4, 0.5) is 0 Å². The largest absolute Gasteiger partial charge is 1.00 e. The van der Waals surface area contributed by atoms with Gasteiger partial charge in [-0.25, -0.2) is 0 Å². The molecule has 0 saturated carbocycles. The van der Waals surface area contributed by atoms with Crippen molar-refractivity contribution in [3.63, 3.8) is 0 Å². The van der Waals surface area contributed by atoms with Crippen LogP contribution in [0.1, 0.15) is 10.4 Å². The summed E-state index contributed by atoms with van der Waals surface area (Å²) in [6, 6.07) is 7.24. The molecule has 2 rings (SSSR count). The smallest absolute Gasteiger partial charge is 0.255 e. The van der Waals surface area contributed by atoms with E-state index >= 15 is 0 Å². The van der Waals surface area contributed by atoms with Gasteiger partial charge < -0.3 is 27.2 Å². The van der Waals surface area contributed by atoms with Crippen molar-refractivity contribution in [2.45, 2.75) is 0 Å². The summed E-state index contributed by atoms with van der Waals surface area (Å²) in [5, 5.41) is 2.92. The number of amides is 1. The highest BCUT2D eigenvalue weighted by atomic mass is 35.5. The molecule has 20 heavy (non-hydrogen) atoms. The van der Waals surface area contributed by atoms with Gasteiger partial charge in [-0.3, -0.25) is 9.69 Å². The Morgan fingerprint density at radius 2 is 2.05 bits per heavy atom. The number of nitrogens with one attached hydrogen (secondary N) is 1. The van der Waals surface area contributed by atoms with Gasteiger partial charge >= 0.3 is 0 Å². The molecule has 0 aromatic heterocycles. The minimum atomic E-state index is -0.0919. The van der Waals surface area contributed by atoms with E-state index in [1.165, 1.54) is 0 Å². The first kappa shape index (κ1) is 16.8. The predicted molar refractivity (Wildman–Crippen MR) is 72.6 cm³/mol. The van der Waals surface area contributed by atoms with Gasteiger partial charge in [0, 0.05) is 26.2 Å². The van der Waals surface area contributed by atoms with E-state index in [1.807, 2.05) is 12.1 Å². The molecule has 1 aliphatic heterocycles. The van der Waals surface area contributed by atoms with E-state index in [-0.39, 0.29) is 18.3 Å². The maximum atomic E-state index is 12.0. The lowest BCUT2D eigenvalue weighted by Crippen LogP contribution is -3.00.